The van der Waals surface area contributed by atoms with Gasteiger partial charge in [0.05, 0.1) is 11.1 Å². The van der Waals surface area contributed by atoms with Gasteiger partial charge in [0.15, 0.2) is 9.67 Å². The molecular weight excluding hydrogens is 377 g/mol. The van der Waals surface area contributed by atoms with Gasteiger partial charge in [0, 0.05) is 0 Å². The Kier molecular flexibility index (Phi) is 6.59. The van der Waals surface area contributed by atoms with E-state index in [2.05, 4.69) is 9.99 Å². The third-order valence-corrected chi connectivity index (χ3v) is 3.00. The predicted molar refractivity (Wildman–Crippen MR) is 75.3 cm³/mol. The maximum Gasteiger partial charge on any atom is 0.416 e. The van der Waals surface area contributed by atoms with Crippen molar-refractivity contribution in [1.29, 1.82) is 0 Å². The number of rotatable bonds is 4. The van der Waals surface area contributed by atoms with Gasteiger partial charge in [0.25, 0.3) is 0 Å². The minimum Gasteiger partial charge on any atom is -0.313 e. The van der Waals surface area contributed by atoms with Crippen LogP contribution in [-0.2, 0) is 11.0 Å². The highest BCUT2D eigenvalue weighted by atomic mass is 35.5. The molecule has 0 aliphatic carbocycles. The molecule has 0 unspecified atom stereocenters. The van der Waals surface area contributed by atoms with Crippen molar-refractivity contribution in [3.63, 3.8) is 0 Å². The van der Waals surface area contributed by atoms with Gasteiger partial charge in [-0.25, -0.2) is 4.79 Å². The molecule has 0 saturated heterocycles. The third-order valence-electron chi connectivity index (χ3n) is 2.11. The molecule has 10 heteroatoms. The summed E-state index contributed by atoms with van der Waals surface area (Å²) < 4.78 is 37.5. The summed E-state index contributed by atoms with van der Waals surface area (Å²) in [6, 6.07) is 3.62. The van der Waals surface area contributed by atoms with Crippen LogP contribution < -0.4 is 0 Å². The van der Waals surface area contributed by atoms with E-state index >= 15 is 0 Å². The van der Waals surface area contributed by atoms with Crippen LogP contribution in [0, 0.1) is 0 Å². The van der Waals surface area contributed by atoms with Gasteiger partial charge in [-0.1, -0.05) is 57.6 Å². The van der Waals surface area contributed by atoms with E-state index in [4.69, 9.17) is 46.4 Å². The third kappa shape index (κ3) is 5.54. The molecule has 1 rings (SSSR count). The monoisotopic (exact) mass is 381 g/mol. The standard InChI is InChI=1S/C11H6Cl4F3NO2/c12-8(13)7(9(14)15)19-21-10(20)5-2-1-3-6(4-5)11(16,17)18/h1-4,8-9H. The minimum absolute atomic E-state index is 0.262. The molecule has 0 N–H and O–H groups in total. The van der Waals surface area contributed by atoms with E-state index in [-0.39, 0.29) is 11.3 Å². The first-order valence-corrected chi connectivity index (χ1v) is 6.90. The van der Waals surface area contributed by atoms with Gasteiger partial charge in [0.2, 0.25) is 0 Å². The molecule has 1 aromatic rings. The molecule has 0 radical (unpaired) electrons. The number of carbonyl (C=O) groups is 1. The molecular formula is C11H6Cl4F3NO2. The van der Waals surface area contributed by atoms with Gasteiger partial charge < -0.3 is 4.84 Å². The Hall–Kier alpha value is -0.690. The number of halogens is 7. The largest absolute Gasteiger partial charge is 0.416 e. The lowest BCUT2D eigenvalue weighted by atomic mass is 10.1. The average Bonchev–Trinajstić information content (AvgIpc) is 2.37. The van der Waals surface area contributed by atoms with Gasteiger partial charge in [0.1, 0.15) is 5.71 Å². The minimum atomic E-state index is -4.58. The topological polar surface area (TPSA) is 38.7 Å². The van der Waals surface area contributed by atoms with Crippen molar-refractivity contribution in [2.75, 3.05) is 0 Å². The highest BCUT2D eigenvalue weighted by Gasteiger charge is 2.31. The van der Waals surface area contributed by atoms with Crippen molar-refractivity contribution in [3.8, 4) is 0 Å². The van der Waals surface area contributed by atoms with Crippen LogP contribution in [0.3, 0.4) is 0 Å². The molecule has 0 aliphatic heterocycles. The van der Waals surface area contributed by atoms with Crippen LogP contribution in [0.2, 0.25) is 0 Å². The number of alkyl halides is 7. The Bertz CT molecular complexity index is 537. The molecule has 3 nitrogen and oxygen atoms in total. The number of benzene rings is 1. The van der Waals surface area contributed by atoms with Gasteiger partial charge >= 0.3 is 12.1 Å². The first-order valence-electron chi connectivity index (χ1n) is 5.15. The lowest BCUT2D eigenvalue weighted by Gasteiger charge is -2.08. The fourth-order valence-corrected chi connectivity index (χ4v) is 2.07. The van der Waals surface area contributed by atoms with E-state index in [0.717, 1.165) is 18.2 Å². The SMILES string of the molecule is O=C(ON=C(C(Cl)Cl)C(Cl)Cl)c1cccc(C(F)(F)F)c1. The van der Waals surface area contributed by atoms with E-state index in [1.165, 1.54) is 0 Å². The van der Waals surface area contributed by atoms with Crippen LogP contribution >= 0.6 is 46.4 Å². The number of oxime groups is 1. The summed E-state index contributed by atoms with van der Waals surface area (Å²) in [6.45, 7) is 0. The van der Waals surface area contributed by atoms with Crippen LogP contribution in [0.5, 0.6) is 0 Å². The van der Waals surface area contributed by atoms with Crippen LogP contribution in [-0.4, -0.2) is 21.4 Å². The van der Waals surface area contributed by atoms with Gasteiger partial charge in [-0.15, -0.1) is 0 Å². The second-order valence-corrected chi connectivity index (χ2v) is 5.77. The molecule has 0 aliphatic rings. The first-order chi connectivity index (χ1) is 9.62. The Labute approximate surface area is 137 Å². The van der Waals surface area contributed by atoms with E-state index in [0.29, 0.717) is 6.07 Å². The van der Waals surface area contributed by atoms with Gasteiger partial charge in [-0.05, 0) is 18.2 Å². The summed E-state index contributed by atoms with van der Waals surface area (Å²) in [5, 5.41) is 3.25. The Morgan fingerprint density at radius 2 is 1.71 bits per heavy atom. The molecule has 0 fully saturated rings. The zero-order chi connectivity index (χ0) is 16.2. The van der Waals surface area contributed by atoms with Crippen molar-refractivity contribution in [2.45, 2.75) is 15.8 Å². The van der Waals surface area contributed by atoms with Crippen molar-refractivity contribution in [2.24, 2.45) is 5.16 Å². The van der Waals surface area contributed by atoms with E-state index in [9.17, 15) is 18.0 Å². The molecule has 0 aromatic heterocycles. The number of carbonyl (C=O) groups excluding carboxylic acids is 1. The van der Waals surface area contributed by atoms with Crippen LogP contribution in [0.25, 0.3) is 0 Å². The fourth-order valence-electron chi connectivity index (χ4n) is 1.14. The lowest BCUT2D eigenvalue weighted by molar-refractivity contribution is -0.137. The van der Waals surface area contributed by atoms with Crippen molar-refractivity contribution in [3.05, 3.63) is 35.4 Å². The second-order valence-electron chi connectivity index (χ2n) is 3.57. The Morgan fingerprint density at radius 3 is 2.19 bits per heavy atom. The molecule has 0 bridgehead atoms. The molecule has 0 spiro atoms. The average molecular weight is 383 g/mol. The maximum absolute atomic E-state index is 12.5. The highest BCUT2D eigenvalue weighted by Crippen LogP contribution is 2.29. The van der Waals surface area contributed by atoms with E-state index in [1.54, 1.807) is 0 Å². The Balaban J connectivity index is 2.93. The fraction of sp³-hybridized carbons (Fsp3) is 0.273. The molecule has 1 aromatic carbocycles. The molecule has 0 saturated carbocycles. The highest BCUT2D eigenvalue weighted by molar-refractivity contribution is 6.64. The van der Waals surface area contributed by atoms with Gasteiger partial charge in [-0.2, -0.15) is 13.2 Å². The van der Waals surface area contributed by atoms with E-state index < -0.39 is 27.4 Å². The molecule has 116 valence electrons. The quantitative estimate of drug-likeness (QED) is 0.324. The predicted octanol–water partition coefficient (Wildman–Crippen LogP) is 4.83. The summed E-state index contributed by atoms with van der Waals surface area (Å²) in [6.07, 6.45) is -4.58. The van der Waals surface area contributed by atoms with Crippen LogP contribution in [0.1, 0.15) is 15.9 Å². The van der Waals surface area contributed by atoms with Crippen molar-refractivity contribution >= 4 is 58.1 Å². The van der Waals surface area contributed by atoms with Crippen molar-refractivity contribution < 1.29 is 22.8 Å². The zero-order valence-corrected chi connectivity index (χ0v) is 12.9. The summed E-state index contributed by atoms with van der Waals surface area (Å²) in [7, 11) is 0. The summed E-state index contributed by atoms with van der Waals surface area (Å²) in [5.41, 5.74) is -1.61. The van der Waals surface area contributed by atoms with Crippen LogP contribution in [0.15, 0.2) is 29.4 Å². The number of hydrogen-bond acceptors (Lipinski definition) is 3. The lowest BCUT2D eigenvalue weighted by Crippen LogP contribution is -2.18. The van der Waals surface area contributed by atoms with Crippen LogP contribution in [0.4, 0.5) is 13.2 Å². The summed E-state index contributed by atoms with van der Waals surface area (Å²) in [5.74, 6) is -1.14. The van der Waals surface area contributed by atoms with Crippen molar-refractivity contribution in [1.82, 2.24) is 0 Å². The maximum atomic E-state index is 12.5. The Morgan fingerprint density at radius 1 is 1.14 bits per heavy atom. The number of hydrogen-bond donors (Lipinski definition) is 0. The van der Waals surface area contributed by atoms with E-state index in [1.807, 2.05) is 0 Å². The summed E-state index contributed by atoms with van der Waals surface area (Å²) >= 11 is 21.9. The number of nitrogens with zero attached hydrogens (tertiary/aromatic N) is 1. The second kappa shape index (κ2) is 7.54. The first kappa shape index (κ1) is 18.4. The zero-order valence-electron chi connectivity index (χ0n) is 9.87. The molecule has 0 amide bonds. The molecule has 0 atom stereocenters. The smallest absolute Gasteiger partial charge is 0.313 e. The van der Waals surface area contributed by atoms with Gasteiger partial charge in [-0.3, -0.25) is 0 Å². The summed E-state index contributed by atoms with van der Waals surface area (Å²) in [4.78, 5) is 13.6. The normalized spacial score (nSPS) is 11.7. The molecule has 0 heterocycles. The molecule has 21 heavy (non-hydrogen) atoms.